The number of nitrogens with one attached hydrogen (secondary N) is 2. The first-order valence-electron chi connectivity index (χ1n) is 7.65. The van der Waals surface area contributed by atoms with Gasteiger partial charge in [0.1, 0.15) is 11.5 Å². The fraction of sp³-hybridized carbons (Fsp3) is 0.0556. The maximum Gasteiger partial charge on any atom is 0.416 e. The van der Waals surface area contributed by atoms with E-state index in [1.165, 1.54) is 12.4 Å². The number of benzene rings is 2. The first kappa shape index (κ1) is 18.7. The highest BCUT2D eigenvalue weighted by Crippen LogP contribution is 2.33. The number of aromatic nitrogens is 2. The minimum Gasteiger partial charge on any atom is -0.339 e. The summed E-state index contributed by atoms with van der Waals surface area (Å²) >= 11 is 5.87. The quantitative estimate of drug-likeness (QED) is 0.644. The predicted molar refractivity (Wildman–Crippen MR) is 96.2 cm³/mol. The largest absolute Gasteiger partial charge is 0.416 e. The number of para-hydroxylation sites is 1. The van der Waals surface area contributed by atoms with E-state index in [4.69, 9.17) is 11.6 Å². The fourth-order valence-electron chi connectivity index (χ4n) is 2.16. The Labute approximate surface area is 157 Å². The molecular weight excluding hydrogens is 381 g/mol. The number of rotatable bonds is 4. The zero-order valence-corrected chi connectivity index (χ0v) is 14.3. The molecule has 2 aromatic carbocycles. The van der Waals surface area contributed by atoms with Gasteiger partial charge in [-0.3, -0.25) is 4.79 Å². The van der Waals surface area contributed by atoms with Gasteiger partial charge < -0.3 is 10.6 Å². The van der Waals surface area contributed by atoms with E-state index in [-0.39, 0.29) is 16.4 Å². The molecule has 3 rings (SSSR count). The van der Waals surface area contributed by atoms with Crippen LogP contribution in [0.1, 0.15) is 16.1 Å². The Kier molecular flexibility index (Phi) is 5.27. The van der Waals surface area contributed by atoms with Gasteiger partial charge in [-0.05, 0) is 30.3 Å². The van der Waals surface area contributed by atoms with E-state index >= 15 is 0 Å². The Morgan fingerprint density at radius 3 is 2.37 bits per heavy atom. The summed E-state index contributed by atoms with van der Waals surface area (Å²) in [6.07, 6.45) is -1.99. The number of carbonyl (C=O) groups excluding carboxylic acids is 1. The highest BCUT2D eigenvalue weighted by atomic mass is 35.5. The molecule has 0 fully saturated rings. The lowest BCUT2D eigenvalue weighted by atomic mass is 10.2. The Bertz CT molecular complexity index is 947. The number of amides is 1. The summed E-state index contributed by atoms with van der Waals surface area (Å²) in [7, 11) is 0. The third kappa shape index (κ3) is 4.73. The smallest absolute Gasteiger partial charge is 0.339 e. The van der Waals surface area contributed by atoms with Crippen molar-refractivity contribution in [3.63, 3.8) is 0 Å². The number of carbonyl (C=O) groups is 1. The molecule has 0 spiro atoms. The molecule has 3 aromatic rings. The summed E-state index contributed by atoms with van der Waals surface area (Å²) in [5.74, 6) is -0.315. The van der Waals surface area contributed by atoms with E-state index in [0.29, 0.717) is 5.82 Å². The van der Waals surface area contributed by atoms with Crippen molar-refractivity contribution in [3.8, 4) is 0 Å². The van der Waals surface area contributed by atoms with Gasteiger partial charge in [-0.1, -0.05) is 29.8 Å². The lowest BCUT2D eigenvalue weighted by Gasteiger charge is -2.11. The molecule has 0 saturated carbocycles. The number of hydrogen-bond acceptors (Lipinski definition) is 4. The molecule has 0 aliphatic carbocycles. The highest BCUT2D eigenvalue weighted by molar-refractivity contribution is 6.33. The molecule has 1 aromatic heterocycles. The Morgan fingerprint density at radius 2 is 1.74 bits per heavy atom. The Hall–Kier alpha value is -3.13. The molecule has 138 valence electrons. The molecule has 9 heteroatoms. The van der Waals surface area contributed by atoms with Crippen molar-refractivity contribution in [2.24, 2.45) is 0 Å². The van der Waals surface area contributed by atoms with Gasteiger partial charge >= 0.3 is 6.18 Å². The van der Waals surface area contributed by atoms with E-state index in [0.717, 1.165) is 23.9 Å². The maximum atomic E-state index is 12.8. The number of anilines is 3. The number of hydrogen-bond donors (Lipinski definition) is 2. The molecule has 0 radical (unpaired) electrons. The predicted octanol–water partition coefficient (Wildman–Crippen LogP) is 5.14. The SMILES string of the molecule is O=C(Nc1cc(C(F)(F)F)ccc1Cl)c1cnc(Nc2ccccc2)cn1. The molecule has 2 N–H and O–H groups in total. The van der Waals surface area contributed by atoms with Crippen molar-refractivity contribution >= 4 is 34.7 Å². The van der Waals surface area contributed by atoms with Gasteiger partial charge in [-0.2, -0.15) is 13.2 Å². The van der Waals surface area contributed by atoms with Gasteiger partial charge in [-0.25, -0.2) is 9.97 Å². The van der Waals surface area contributed by atoms with Crippen LogP contribution < -0.4 is 10.6 Å². The van der Waals surface area contributed by atoms with Crippen molar-refractivity contribution < 1.29 is 18.0 Å². The summed E-state index contributed by atoms with van der Waals surface area (Å²) < 4.78 is 38.4. The fourth-order valence-corrected chi connectivity index (χ4v) is 2.33. The molecule has 0 unspecified atom stereocenters. The molecule has 0 saturated heterocycles. The molecule has 1 heterocycles. The van der Waals surface area contributed by atoms with E-state index in [9.17, 15) is 18.0 Å². The van der Waals surface area contributed by atoms with E-state index < -0.39 is 17.6 Å². The molecule has 5 nitrogen and oxygen atoms in total. The normalized spacial score (nSPS) is 11.1. The number of halogens is 4. The van der Waals surface area contributed by atoms with Crippen LogP contribution in [0.3, 0.4) is 0 Å². The van der Waals surface area contributed by atoms with Crippen LogP contribution in [0, 0.1) is 0 Å². The molecule has 0 aliphatic heterocycles. The third-order valence-corrected chi connectivity index (χ3v) is 3.80. The van der Waals surface area contributed by atoms with Crippen LogP contribution in [0.2, 0.25) is 5.02 Å². The topological polar surface area (TPSA) is 66.9 Å². The average Bonchev–Trinajstić information content (AvgIpc) is 2.64. The van der Waals surface area contributed by atoms with Crippen molar-refractivity contribution in [1.82, 2.24) is 9.97 Å². The first-order valence-corrected chi connectivity index (χ1v) is 8.03. The van der Waals surface area contributed by atoms with Crippen LogP contribution in [-0.2, 0) is 6.18 Å². The van der Waals surface area contributed by atoms with Crippen LogP contribution in [-0.4, -0.2) is 15.9 Å². The molecule has 0 atom stereocenters. The van der Waals surface area contributed by atoms with Gasteiger partial charge in [-0.15, -0.1) is 0 Å². The van der Waals surface area contributed by atoms with Gasteiger partial charge in [0.2, 0.25) is 0 Å². The van der Waals surface area contributed by atoms with E-state index in [2.05, 4.69) is 20.6 Å². The van der Waals surface area contributed by atoms with Crippen molar-refractivity contribution in [3.05, 3.63) is 77.2 Å². The molecule has 0 bridgehead atoms. The molecular formula is C18H12ClF3N4O. The Balaban J connectivity index is 1.73. The molecule has 1 amide bonds. The van der Waals surface area contributed by atoms with Crippen molar-refractivity contribution in [2.75, 3.05) is 10.6 Å². The monoisotopic (exact) mass is 392 g/mol. The lowest BCUT2D eigenvalue weighted by Crippen LogP contribution is -2.15. The van der Waals surface area contributed by atoms with Crippen molar-refractivity contribution in [1.29, 1.82) is 0 Å². The highest BCUT2D eigenvalue weighted by Gasteiger charge is 2.31. The maximum absolute atomic E-state index is 12.8. The first-order chi connectivity index (χ1) is 12.8. The second-order valence-electron chi connectivity index (χ2n) is 5.42. The van der Waals surface area contributed by atoms with E-state index in [1.807, 2.05) is 30.3 Å². The lowest BCUT2D eigenvalue weighted by molar-refractivity contribution is -0.137. The van der Waals surface area contributed by atoms with Crippen LogP contribution in [0.5, 0.6) is 0 Å². The van der Waals surface area contributed by atoms with Gasteiger partial charge in [0.25, 0.3) is 5.91 Å². The standard InChI is InChI=1S/C18H12ClF3N4O/c19-13-7-6-11(18(20,21)22)8-14(13)26-17(27)15-9-24-16(10-23-15)25-12-4-2-1-3-5-12/h1-10H,(H,24,25)(H,26,27). The zero-order chi connectivity index (χ0) is 19.4. The van der Waals surface area contributed by atoms with E-state index in [1.54, 1.807) is 0 Å². The number of nitrogens with zero attached hydrogens (tertiary/aromatic N) is 2. The van der Waals surface area contributed by atoms with Crippen LogP contribution in [0.15, 0.2) is 60.9 Å². The Morgan fingerprint density at radius 1 is 1.00 bits per heavy atom. The van der Waals surface area contributed by atoms with Gasteiger partial charge in [0, 0.05) is 5.69 Å². The summed E-state index contributed by atoms with van der Waals surface area (Å²) in [5, 5.41) is 5.29. The molecule has 27 heavy (non-hydrogen) atoms. The van der Waals surface area contributed by atoms with Crippen LogP contribution in [0.25, 0.3) is 0 Å². The zero-order valence-electron chi connectivity index (χ0n) is 13.6. The second-order valence-corrected chi connectivity index (χ2v) is 5.83. The minimum absolute atomic E-state index is 0.0216. The van der Waals surface area contributed by atoms with Crippen LogP contribution >= 0.6 is 11.6 Å². The summed E-state index contributed by atoms with van der Waals surface area (Å²) in [6.45, 7) is 0. The van der Waals surface area contributed by atoms with Gasteiger partial charge in [0.15, 0.2) is 0 Å². The second kappa shape index (κ2) is 7.63. The summed E-state index contributed by atoms with van der Waals surface area (Å²) in [4.78, 5) is 20.3. The average molecular weight is 393 g/mol. The minimum atomic E-state index is -4.55. The van der Waals surface area contributed by atoms with Gasteiger partial charge in [0.05, 0.1) is 28.7 Å². The third-order valence-electron chi connectivity index (χ3n) is 3.47. The number of alkyl halides is 3. The summed E-state index contributed by atoms with van der Waals surface area (Å²) in [5.41, 5.74) is -0.359. The molecule has 0 aliphatic rings. The van der Waals surface area contributed by atoms with Crippen molar-refractivity contribution in [2.45, 2.75) is 6.18 Å². The summed E-state index contributed by atoms with van der Waals surface area (Å²) in [6, 6.07) is 11.9. The van der Waals surface area contributed by atoms with Crippen LogP contribution in [0.4, 0.5) is 30.4 Å².